The van der Waals surface area contributed by atoms with Gasteiger partial charge in [0.05, 0.1) is 11.4 Å². The molecule has 4 rings (SSSR count). The highest BCUT2D eigenvalue weighted by Gasteiger charge is 2.26. The average molecular weight is 379 g/mol. The van der Waals surface area contributed by atoms with E-state index in [9.17, 15) is 0 Å². The molecular formula is C22H23ClN4. The Morgan fingerprint density at radius 1 is 0.630 bits per heavy atom. The second-order valence-electron chi connectivity index (χ2n) is 6.70. The minimum Gasteiger partial charge on any atom is -0.259 e. The summed E-state index contributed by atoms with van der Waals surface area (Å²) in [5, 5.41) is 8.71. The van der Waals surface area contributed by atoms with E-state index < -0.39 is 0 Å². The van der Waals surface area contributed by atoms with Crippen molar-refractivity contribution in [1.29, 1.82) is 0 Å². The second-order valence-corrected chi connectivity index (χ2v) is 6.70. The third-order valence-corrected chi connectivity index (χ3v) is 4.46. The van der Waals surface area contributed by atoms with Crippen molar-refractivity contribution in [2.24, 2.45) is 5.10 Å². The van der Waals surface area contributed by atoms with Crippen LogP contribution in [-0.2, 0) is 0 Å². The molecule has 0 atom stereocenters. The van der Waals surface area contributed by atoms with Crippen LogP contribution < -0.4 is 15.7 Å². The third-order valence-electron chi connectivity index (χ3n) is 4.46. The van der Waals surface area contributed by atoms with Crippen LogP contribution in [0.25, 0.3) is 0 Å². The zero-order valence-corrected chi connectivity index (χ0v) is 16.5. The molecule has 3 aromatic rings. The van der Waals surface area contributed by atoms with Gasteiger partial charge >= 0.3 is 0 Å². The summed E-state index contributed by atoms with van der Waals surface area (Å²) in [4.78, 5) is 0. The van der Waals surface area contributed by atoms with Gasteiger partial charge in [-0.25, -0.2) is 0 Å². The number of aryl methyl sites for hydroxylation is 3. The van der Waals surface area contributed by atoms with Gasteiger partial charge < -0.3 is 0 Å². The van der Waals surface area contributed by atoms with E-state index in [2.05, 4.69) is 99.0 Å². The van der Waals surface area contributed by atoms with Crippen LogP contribution in [-0.4, -0.2) is 5.84 Å². The SMILES string of the molecule is Cc1ccc(C2=NN(c3ccc(C)cc3)N(c3ccc(C)cc3)N2)cc1.Cl. The number of hydrogen-bond donors (Lipinski definition) is 1. The van der Waals surface area contributed by atoms with Crippen molar-refractivity contribution >= 4 is 29.6 Å². The van der Waals surface area contributed by atoms with E-state index in [1.54, 1.807) is 0 Å². The number of hydrazine groups is 2. The second kappa shape index (κ2) is 7.72. The van der Waals surface area contributed by atoms with E-state index in [0.29, 0.717) is 0 Å². The Bertz CT molecular complexity index is 932. The van der Waals surface area contributed by atoms with Crippen LogP contribution in [0.4, 0.5) is 11.4 Å². The zero-order valence-electron chi connectivity index (χ0n) is 15.7. The summed E-state index contributed by atoms with van der Waals surface area (Å²) in [7, 11) is 0. The first-order chi connectivity index (χ1) is 12.6. The summed E-state index contributed by atoms with van der Waals surface area (Å²) in [5.74, 6) is 0.825. The molecule has 0 unspecified atom stereocenters. The van der Waals surface area contributed by atoms with Crippen LogP contribution in [0.1, 0.15) is 22.3 Å². The summed E-state index contributed by atoms with van der Waals surface area (Å²) in [6, 6.07) is 25.1. The summed E-state index contributed by atoms with van der Waals surface area (Å²) in [5.41, 5.74) is 10.2. The Labute approximate surface area is 166 Å². The number of halogens is 1. The van der Waals surface area contributed by atoms with Crippen molar-refractivity contribution in [2.75, 3.05) is 10.2 Å². The van der Waals surface area contributed by atoms with E-state index >= 15 is 0 Å². The van der Waals surface area contributed by atoms with E-state index in [1.807, 2.05) is 10.2 Å². The van der Waals surface area contributed by atoms with Crippen molar-refractivity contribution in [1.82, 2.24) is 5.43 Å². The van der Waals surface area contributed by atoms with Gasteiger partial charge in [0.1, 0.15) is 0 Å². The van der Waals surface area contributed by atoms with Gasteiger partial charge in [-0.3, -0.25) is 5.43 Å². The number of hydrazone groups is 1. The molecular weight excluding hydrogens is 356 g/mol. The summed E-state index contributed by atoms with van der Waals surface area (Å²) in [6.45, 7) is 6.27. The first-order valence-corrected chi connectivity index (χ1v) is 8.76. The average Bonchev–Trinajstić information content (AvgIpc) is 3.09. The van der Waals surface area contributed by atoms with Crippen LogP contribution in [0, 0.1) is 20.8 Å². The summed E-state index contributed by atoms with van der Waals surface area (Å²) in [6.07, 6.45) is 0. The zero-order chi connectivity index (χ0) is 18.1. The molecule has 0 saturated carbocycles. The van der Waals surface area contributed by atoms with Gasteiger partial charge in [0, 0.05) is 5.56 Å². The molecule has 27 heavy (non-hydrogen) atoms. The van der Waals surface area contributed by atoms with Crippen molar-refractivity contribution in [3.8, 4) is 0 Å². The van der Waals surface area contributed by atoms with Crippen LogP contribution in [0.2, 0.25) is 0 Å². The molecule has 4 nitrogen and oxygen atoms in total. The van der Waals surface area contributed by atoms with Crippen molar-refractivity contribution < 1.29 is 0 Å². The molecule has 3 aromatic carbocycles. The monoisotopic (exact) mass is 378 g/mol. The molecule has 0 amide bonds. The molecule has 1 aliphatic rings. The maximum absolute atomic E-state index is 4.83. The first-order valence-electron chi connectivity index (χ1n) is 8.76. The smallest absolute Gasteiger partial charge is 0.176 e. The van der Waals surface area contributed by atoms with Gasteiger partial charge in [0.15, 0.2) is 5.84 Å². The molecule has 0 radical (unpaired) electrons. The fourth-order valence-corrected chi connectivity index (χ4v) is 2.85. The van der Waals surface area contributed by atoms with E-state index in [1.165, 1.54) is 16.7 Å². The largest absolute Gasteiger partial charge is 0.259 e. The first kappa shape index (κ1) is 18.8. The quantitative estimate of drug-likeness (QED) is 0.684. The van der Waals surface area contributed by atoms with Gasteiger partial charge in [0.25, 0.3) is 0 Å². The van der Waals surface area contributed by atoms with Crippen LogP contribution in [0.3, 0.4) is 0 Å². The van der Waals surface area contributed by atoms with Crippen molar-refractivity contribution in [3.05, 3.63) is 95.1 Å². The number of hydrogen-bond acceptors (Lipinski definition) is 4. The highest BCUT2D eigenvalue weighted by Crippen LogP contribution is 2.26. The molecule has 5 heteroatoms. The molecule has 0 spiro atoms. The highest BCUT2D eigenvalue weighted by atomic mass is 35.5. The molecule has 138 valence electrons. The fraction of sp³-hybridized carbons (Fsp3) is 0.136. The minimum atomic E-state index is 0. The molecule has 1 heterocycles. The Kier molecular flexibility index (Phi) is 5.38. The molecule has 0 aromatic heterocycles. The molecule has 0 bridgehead atoms. The standard InChI is InChI=1S/C22H22N4.ClH/c1-16-4-10-19(11-5-16)22-23-25(20-12-6-17(2)7-13-20)26(24-22)21-14-8-18(3)9-15-21;/h4-15H,1-3H3,(H,23,24);1H. The third kappa shape index (κ3) is 3.91. The number of anilines is 2. The van der Waals surface area contributed by atoms with Gasteiger partial charge in [0.2, 0.25) is 0 Å². The topological polar surface area (TPSA) is 30.9 Å². The molecule has 1 N–H and O–H groups in total. The molecule has 1 aliphatic heterocycles. The van der Waals surface area contributed by atoms with Crippen LogP contribution >= 0.6 is 12.4 Å². The van der Waals surface area contributed by atoms with Crippen LogP contribution in [0.5, 0.6) is 0 Å². The Morgan fingerprint density at radius 3 is 1.59 bits per heavy atom. The lowest BCUT2D eigenvalue weighted by molar-refractivity contribution is 0.770. The molecule has 0 fully saturated rings. The predicted molar refractivity (Wildman–Crippen MR) is 115 cm³/mol. The lowest BCUT2D eigenvalue weighted by atomic mass is 10.1. The maximum atomic E-state index is 4.83. The van der Waals surface area contributed by atoms with Gasteiger partial charge in [-0.15, -0.1) is 17.5 Å². The van der Waals surface area contributed by atoms with Gasteiger partial charge in [-0.2, -0.15) is 10.2 Å². The molecule has 0 aliphatic carbocycles. The summed E-state index contributed by atoms with van der Waals surface area (Å²) < 4.78 is 0. The van der Waals surface area contributed by atoms with Gasteiger partial charge in [-0.05, 0) is 45.0 Å². The molecule has 0 saturated heterocycles. The Balaban J connectivity index is 0.00000210. The number of nitrogens with one attached hydrogen (secondary N) is 1. The van der Waals surface area contributed by atoms with E-state index in [0.717, 1.165) is 22.8 Å². The minimum absolute atomic E-state index is 0. The van der Waals surface area contributed by atoms with Crippen LogP contribution in [0.15, 0.2) is 77.9 Å². The normalized spacial score (nSPS) is 13.1. The number of nitrogens with zero attached hydrogens (tertiary/aromatic N) is 3. The number of rotatable bonds is 3. The lowest BCUT2D eigenvalue weighted by Crippen LogP contribution is -2.44. The predicted octanol–water partition coefficient (Wildman–Crippen LogP) is 5.14. The Morgan fingerprint density at radius 2 is 1.07 bits per heavy atom. The van der Waals surface area contributed by atoms with Crippen molar-refractivity contribution in [2.45, 2.75) is 20.8 Å². The lowest BCUT2D eigenvalue weighted by Gasteiger charge is -2.28. The van der Waals surface area contributed by atoms with E-state index in [-0.39, 0.29) is 12.4 Å². The highest BCUT2D eigenvalue weighted by molar-refractivity contribution is 6.02. The van der Waals surface area contributed by atoms with E-state index in [4.69, 9.17) is 5.10 Å². The maximum Gasteiger partial charge on any atom is 0.176 e. The number of benzene rings is 3. The fourth-order valence-electron chi connectivity index (χ4n) is 2.85. The number of amidine groups is 1. The summed E-state index contributed by atoms with van der Waals surface area (Å²) >= 11 is 0. The Hall–Kier alpha value is -2.98. The van der Waals surface area contributed by atoms with Gasteiger partial charge in [-0.1, -0.05) is 65.2 Å². The van der Waals surface area contributed by atoms with Crippen molar-refractivity contribution in [3.63, 3.8) is 0 Å².